The zero-order valence-corrected chi connectivity index (χ0v) is 13.4. The van der Waals surface area contributed by atoms with Gasteiger partial charge in [-0.15, -0.1) is 24.0 Å². The minimum Gasteiger partial charge on any atom is -0.370 e. The van der Waals surface area contributed by atoms with Gasteiger partial charge in [-0.3, -0.25) is 4.99 Å². The van der Waals surface area contributed by atoms with Crippen molar-refractivity contribution in [2.75, 3.05) is 25.0 Å². The average Bonchev–Trinajstić information content (AvgIpc) is 2.77. The molecule has 4 nitrogen and oxygen atoms in total. The third-order valence-corrected chi connectivity index (χ3v) is 3.19. The van der Waals surface area contributed by atoms with E-state index in [1.54, 1.807) is 7.05 Å². The van der Waals surface area contributed by atoms with Crippen LogP contribution >= 0.6 is 35.6 Å². The molecule has 6 heteroatoms. The van der Waals surface area contributed by atoms with Crippen LogP contribution in [0.4, 0.5) is 5.69 Å². The number of benzene rings is 1. The third kappa shape index (κ3) is 3.91. The second-order valence-corrected chi connectivity index (χ2v) is 4.60. The molecule has 1 heterocycles. The standard InChI is InChI=1S/C12H17ClN4.HI/c1-15-12(14)16-10-5-6-17(8-10)11-4-2-3-9(13)7-11;/h2-4,7,10H,5-6,8H2,1H3,(H3,14,15,16);1H. The Kier molecular flexibility index (Phi) is 6.01. The van der Waals surface area contributed by atoms with Crippen LogP contribution in [0.25, 0.3) is 0 Å². The highest BCUT2D eigenvalue weighted by Crippen LogP contribution is 2.23. The molecule has 1 aromatic rings. The quantitative estimate of drug-likeness (QED) is 0.469. The van der Waals surface area contributed by atoms with Crippen LogP contribution in [0.2, 0.25) is 5.02 Å². The van der Waals surface area contributed by atoms with Crippen molar-refractivity contribution in [1.82, 2.24) is 5.32 Å². The van der Waals surface area contributed by atoms with Crippen LogP contribution in [0.1, 0.15) is 6.42 Å². The molecule has 0 bridgehead atoms. The van der Waals surface area contributed by atoms with Crippen LogP contribution in [0.5, 0.6) is 0 Å². The Morgan fingerprint density at radius 2 is 2.33 bits per heavy atom. The molecule has 0 aliphatic carbocycles. The number of guanidine groups is 1. The highest BCUT2D eigenvalue weighted by molar-refractivity contribution is 14.0. The Morgan fingerprint density at radius 1 is 1.56 bits per heavy atom. The fraction of sp³-hybridized carbons (Fsp3) is 0.417. The highest BCUT2D eigenvalue weighted by Gasteiger charge is 2.22. The van der Waals surface area contributed by atoms with E-state index in [-0.39, 0.29) is 24.0 Å². The summed E-state index contributed by atoms with van der Waals surface area (Å²) in [5.41, 5.74) is 6.82. The van der Waals surface area contributed by atoms with E-state index in [4.69, 9.17) is 17.3 Å². The van der Waals surface area contributed by atoms with E-state index in [0.29, 0.717) is 12.0 Å². The number of hydrogen-bond donors (Lipinski definition) is 2. The van der Waals surface area contributed by atoms with Crippen molar-refractivity contribution in [1.29, 1.82) is 0 Å². The van der Waals surface area contributed by atoms with Crippen molar-refractivity contribution in [3.8, 4) is 0 Å². The van der Waals surface area contributed by atoms with Gasteiger partial charge in [-0.05, 0) is 24.6 Å². The second-order valence-electron chi connectivity index (χ2n) is 4.16. The monoisotopic (exact) mass is 380 g/mol. The summed E-state index contributed by atoms with van der Waals surface area (Å²) in [5.74, 6) is 0.503. The molecule has 1 saturated heterocycles. The van der Waals surface area contributed by atoms with Crippen LogP contribution in [0, 0.1) is 0 Å². The van der Waals surface area contributed by atoms with Crippen molar-refractivity contribution in [2.45, 2.75) is 12.5 Å². The van der Waals surface area contributed by atoms with Gasteiger partial charge in [0.25, 0.3) is 0 Å². The first kappa shape index (κ1) is 15.4. The number of halogens is 2. The first-order valence-corrected chi connectivity index (χ1v) is 6.06. The van der Waals surface area contributed by atoms with Crippen LogP contribution in [0.3, 0.4) is 0 Å². The Labute approximate surface area is 130 Å². The van der Waals surface area contributed by atoms with Gasteiger partial charge in [-0.1, -0.05) is 17.7 Å². The first-order chi connectivity index (χ1) is 8.19. The molecule has 2 rings (SSSR count). The average molecular weight is 381 g/mol. The zero-order chi connectivity index (χ0) is 12.3. The van der Waals surface area contributed by atoms with Gasteiger partial charge < -0.3 is 16.0 Å². The third-order valence-electron chi connectivity index (χ3n) is 2.95. The maximum Gasteiger partial charge on any atom is 0.188 e. The lowest BCUT2D eigenvalue weighted by atomic mass is 10.3. The van der Waals surface area contributed by atoms with Gasteiger partial charge in [0.15, 0.2) is 5.96 Å². The predicted octanol–water partition coefficient (Wildman–Crippen LogP) is 2.07. The summed E-state index contributed by atoms with van der Waals surface area (Å²) in [6, 6.07) is 8.28. The van der Waals surface area contributed by atoms with Crippen LogP contribution in [0.15, 0.2) is 29.3 Å². The molecule has 0 aromatic heterocycles. The summed E-state index contributed by atoms with van der Waals surface area (Å²) >= 11 is 5.99. The summed E-state index contributed by atoms with van der Waals surface area (Å²) in [6.45, 7) is 1.94. The summed E-state index contributed by atoms with van der Waals surface area (Å²) in [6.07, 6.45) is 1.06. The van der Waals surface area contributed by atoms with E-state index in [0.717, 1.165) is 30.2 Å². The Balaban J connectivity index is 0.00000162. The van der Waals surface area contributed by atoms with Gasteiger partial charge in [0.05, 0.1) is 0 Å². The number of nitrogens with two attached hydrogens (primary N) is 1. The minimum absolute atomic E-state index is 0. The summed E-state index contributed by atoms with van der Waals surface area (Å²) in [4.78, 5) is 6.21. The fourth-order valence-electron chi connectivity index (χ4n) is 2.06. The lowest BCUT2D eigenvalue weighted by Gasteiger charge is -2.19. The molecule has 1 aliphatic heterocycles. The van der Waals surface area contributed by atoms with Crippen molar-refractivity contribution >= 4 is 47.2 Å². The van der Waals surface area contributed by atoms with E-state index in [2.05, 4.69) is 21.3 Å². The SMILES string of the molecule is CN=C(N)NC1CCN(c2cccc(Cl)c2)C1.I. The van der Waals surface area contributed by atoms with Crippen molar-refractivity contribution in [3.63, 3.8) is 0 Å². The lowest BCUT2D eigenvalue weighted by molar-refractivity contribution is 0.666. The number of nitrogens with zero attached hydrogens (tertiary/aromatic N) is 2. The molecule has 1 unspecified atom stereocenters. The van der Waals surface area contributed by atoms with Gasteiger partial charge >= 0.3 is 0 Å². The molecule has 0 radical (unpaired) electrons. The number of rotatable bonds is 2. The molecule has 0 spiro atoms. The van der Waals surface area contributed by atoms with Gasteiger partial charge in [-0.2, -0.15) is 0 Å². The molecular formula is C12H18ClIN4. The number of aliphatic imine (C=N–C) groups is 1. The summed E-state index contributed by atoms with van der Waals surface area (Å²) in [7, 11) is 1.69. The molecule has 3 N–H and O–H groups in total. The number of hydrogen-bond acceptors (Lipinski definition) is 2. The zero-order valence-electron chi connectivity index (χ0n) is 10.3. The Bertz CT molecular complexity index is 424. The second kappa shape index (κ2) is 7.04. The van der Waals surface area contributed by atoms with E-state index >= 15 is 0 Å². The molecule has 1 fully saturated rings. The van der Waals surface area contributed by atoms with Gasteiger partial charge in [0.1, 0.15) is 0 Å². The van der Waals surface area contributed by atoms with E-state index < -0.39 is 0 Å². The molecule has 0 saturated carbocycles. The smallest absolute Gasteiger partial charge is 0.188 e. The first-order valence-electron chi connectivity index (χ1n) is 5.68. The molecule has 18 heavy (non-hydrogen) atoms. The molecular weight excluding hydrogens is 363 g/mol. The maximum absolute atomic E-state index is 5.99. The molecule has 100 valence electrons. The number of anilines is 1. The van der Waals surface area contributed by atoms with Gasteiger partial charge in [0, 0.05) is 36.9 Å². The van der Waals surface area contributed by atoms with E-state index in [1.165, 1.54) is 0 Å². The Hall–Kier alpha value is -0.690. The molecule has 0 amide bonds. The van der Waals surface area contributed by atoms with Crippen LogP contribution in [-0.2, 0) is 0 Å². The Morgan fingerprint density at radius 3 is 3.00 bits per heavy atom. The van der Waals surface area contributed by atoms with Crippen molar-refractivity contribution < 1.29 is 0 Å². The highest BCUT2D eigenvalue weighted by atomic mass is 127. The van der Waals surface area contributed by atoms with E-state index in [9.17, 15) is 0 Å². The van der Waals surface area contributed by atoms with Gasteiger partial charge in [-0.25, -0.2) is 0 Å². The largest absolute Gasteiger partial charge is 0.370 e. The fourth-order valence-corrected chi connectivity index (χ4v) is 2.24. The predicted molar refractivity (Wildman–Crippen MR) is 88.2 cm³/mol. The number of nitrogens with one attached hydrogen (secondary N) is 1. The molecule has 1 aromatic carbocycles. The minimum atomic E-state index is 0. The topological polar surface area (TPSA) is 53.6 Å². The summed E-state index contributed by atoms with van der Waals surface area (Å²) < 4.78 is 0. The normalized spacial score (nSPS) is 19.6. The van der Waals surface area contributed by atoms with Crippen LogP contribution in [-0.4, -0.2) is 32.1 Å². The van der Waals surface area contributed by atoms with Crippen molar-refractivity contribution in [3.05, 3.63) is 29.3 Å². The summed E-state index contributed by atoms with van der Waals surface area (Å²) in [5, 5.41) is 3.97. The molecule has 1 atom stereocenters. The van der Waals surface area contributed by atoms with Gasteiger partial charge in [0.2, 0.25) is 0 Å². The van der Waals surface area contributed by atoms with E-state index in [1.807, 2.05) is 18.2 Å². The van der Waals surface area contributed by atoms with Crippen molar-refractivity contribution in [2.24, 2.45) is 10.7 Å². The molecule has 1 aliphatic rings. The lowest BCUT2D eigenvalue weighted by Crippen LogP contribution is -2.41. The maximum atomic E-state index is 5.99. The van der Waals surface area contributed by atoms with Crippen LogP contribution < -0.4 is 16.0 Å².